The van der Waals surface area contributed by atoms with Gasteiger partial charge in [0.2, 0.25) is 0 Å². The highest BCUT2D eigenvalue weighted by molar-refractivity contribution is 6.01. The molecular formula is C14H14FN3. The Morgan fingerprint density at radius 2 is 1.83 bits per heavy atom. The Kier molecular flexibility index (Phi) is 4.02. The lowest BCUT2D eigenvalue weighted by Crippen LogP contribution is -2.10. The number of hydrazone groups is 1. The van der Waals surface area contributed by atoms with E-state index in [1.165, 1.54) is 12.1 Å². The fourth-order valence-corrected chi connectivity index (χ4v) is 1.68. The van der Waals surface area contributed by atoms with Crippen molar-refractivity contribution in [1.82, 2.24) is 10.4 Å². The molecule has 1 aromatic carbocycles. The predicted molar refractivity (Wildman–Crippen MR) is 69.9 cm³/mol. The summed E-state index contributed by atoms with van der Waals surface area (Å²) in [5.74, 6) is -0.244. The number of aromatic nitrogens is 1. The molecule has 0 amide bonds. The van der Waals surface area contributed by atoms with E-state index in [0.29, 0.717) is 6.42 Å². The average molecular weight is 243 g/mol. The van der Waals surface area contributed by atoms with E-state index in [2.05, 4.69) is 15.5 Å². The zero-order valence-electron chi connectivity index (χ0n) is 10.1. The van der Waals surface area contributed by atoms with Gasteiger partial charge in [0.15, 0.2) is 0 Å². The van der Waals surface area contributed by atoms with Crippen molar-refractivity contribution < 1.29 is 4.39 Å². The smallest absolute Gasteiger partial charge is 0.123 e. The normalized spacial score (nSPS) is 11.3. The Morgan fingerprint density at radius 1 is 1.17 bits per heavy atom. The minimum Gasteiger partial charge on any atom is -0.313 e. The second-order valence-corrected chi connectivity index (χ2v) is 3.82. The fourth-order valence-electron chi connectivity index (χ4n) is 1.68. The number of nitrogens with one attached hydrogen (secondary N) is 1. The first-order chi connectivity index (χ1) is 8.79. The Morgan fingerprint density at radius 3 is 2.44 bits per heavy atom. The molecule has 0 fully saturated rings. The molecule has 2 aromatic rings. The molecule has 0 bridgehead atoms. The lowest BCUT2D eigenvalue weighted by molar-refractivity contribution is 0.627. The van der Waals surface area contributed by atoms with Crippen LogP contribution < -0.4 is 5.43 Å². The molecule has 0 aliphatic rings. The summed E-state index contributed by atoms with van der Waals surface area (Å²) in [5, 5.41) is 4.24. The first kappa shape index (κ1) is 12.2. The molecule has 0 unspecified atom stereocenters. The van der Waals surface area contributed by atoms with Crippen molar-refractivity contribution >= 4 is 5.71 Å². The van der Waals surface area contributed by atoms with Crippen LogP contribution in [0.15, 0.2) is 53.9 Å². The van der Waals surface area contributed by atoms with Gasteiger partial charge in [-0.05, 0) is 35.4 Å². The molecular weight excluding hydrogens is 229 g/mol. The second-order valence-electron chi connectivity index (χ2n) is 3.82. The monoisotopic (exact) mass is 243 g/mol. The second kappa shape index (κ2) is 5.91. The Hall–Kier alpha value is -2.23. The van der Waals surface area contributed by atoms with Crippen LogP contribution in [0.3, 0.4) is 0 Å². The van der Waals surface area contributed by atoms with Gasteiger partial charge in [0.1, 0.15) is 5.82 Å². The number of hydrogen-bond acceptors (Lipinski definition) is 3. The van der Waals surface area contributed by atoms with Crippen LogP contribution in [0, 0.1) is 5.82 Å². The molecule has 0 aliphatic heterocycles. The highest BCUT2D eigenvalue weighted by Gasteiger charge is 2.05. The third-order valence-electron chi connectivity index (χ3n) is 2.55. The summed E-state index contributed by atoms with van der Waals surface area (Å²) in [5.41, 5.74) is 5.66. The summed E-state index contributed by atoms with van der Waals surface area (Å²) in [6, 6.07) is 10.2. The molecule has 1 aromatic heterocycles. The molecule has 18 heavy (non-hydrogen) atoms. The lowest BCUT2D eigenvalue weighted by Gasteiger charge is -2.06. The van der Waals surface area contributed by atoms with Gasteiger partial charge in [0.25, 0.3) is 0 Å². The average Bonchev–Trinajstić information content (AvgIpc) is 2.40. The van der Waals surface area contributed by atoms with Crippen molar-refractivity contribution in [2.45, 2.75) is 6.42 Å². The summed E-state index contributed by atoms with van der Waals surface area (Å²) in [7, 11) is 1.75. The van der Waals surface area contributed by atoms with E-state index in [9.17, 15) is 4.39 Å². The van der Waals surface area contributed by atoms with Crippen molar-refractivity contribution in [3.63, 3.8) is 0 Å². The van der Waals surface area contributed by atoms with E-state index in [0.717, 1.165) is 16.8 Å². The molecule has 1 N–H and O–H groups in total. The van der Waals surface area contributed by atoms with Gasteiger partial charge in [-0.3, -0.25) is 4.98 Å². The molecule has 0 atom stereocenters. The van der Waals surface area contributed by atoms with E-state index in [4.69, 9.17) is 0 Å². The molecule has 4 heteroatoms. The van der Waals surface area contributed by atoms with Gasteiger partial charge in [-0.15, -0.1) is 0 Å². The van der Waals surface area contributed by atoms with E-state index in [-0.39, 0.29) is 5.82 Å². The van der Waals surface area contributed by atoms with Crippen LogP contribution in [-0.2, 0) is 6.42 Å². The van der Waals surface area contributed by atoms with E-state index in [1.807, 2.05) is 12.1 Å². The Labute approximate surface area is 105 Å². The summed E-state index contributed by atoms with van der Waals surface area (Å²) in [4.78, 5) is 3.98. The first-order valence-corrected chi connectivity index (χ1v) is 5.68. The van der Waals surface area contributed by atoms with Gasteiger partial charge in [-0.2, -0.15) is 5.10 Å². The SMILES string of the molecule is CNN=C(Cc1ccncc1)c1ccc(F)cc1. The van der Waals surface area contributed by atoms with Crippen LogP contribution in [0.1, 0.15) is 11.1 Å². The third-order valence-corrected chi connectivity index (χ3v) is 2.55. The van der Waals surface area contributed by atoms with Crippen molar-refractivity contribution in [3.8, 4) is 0 Å². The zero-order chi connectivity index (χ0) is 12.8. The van der Waals surface area contributed by atoms with Crippen LogP contribution in [0.25, 0.3) is 0 Å². The summed E-state index contributed by atoms with van der Waals surface area (Å²) < 4.78 is 12.9. The maximum atomic E-state index is 12.9. The number of hydrogen-bond donors (Lipinski definition) is 1. The van der Waals surface area contributed by atoms with Crippen LogP contribution in [0.4, 0.5) is 4.39 Å². The van der Waals surface area contributed by atoms with Crippen molar-refractivity contribution in [2.75, 3.05) is 7.05 Å². The van der Waals surface area contributed by atoms with Gasteiger partial charge < -0.3 is 5.43 Å². The number of halogens is 1. The molecule has 3 nitrogen and oxygen atoms in total. The maximum absolute atomic E-state index is 12.9. The van der Waals surface area contributed by atoms with Crippen LogP contribution in [0.5, 0.6) is 0 Å². The summed E-state index contributed by atoms with van der Waals surface area (Å²) in [6.45, 7) is 0. The Bertz CT molecular complexity index is 520. The minimum atomic E-state index is -0.244. The molecule has 92 valence electrons. The molecule has 0 saturated heterocycles. The molecule has 1 heterocycles. The summed E-state index contributed by atoms with van der Waals surface area (Å²) >= 11 is 0. The molecule has 0 radical (unpaired) electrons. The molecule has 0 aliphatic carbocycles. The van der Waals surface area contributed by atoms with Gasteiger partial charge >= 0.3 is 0 Å². The number of nitrogens with zero attached hydrogens (tertiary/aromatic N) is 2. The van der Waals surface area contributed by atoms with Crippen LogP contribution in [0.2, 0.25) is 0 Å². The van der Waals surface area contributed by atoms with E-state index in [1.54, 1.807) is 31.6 Å². The highest BCUT2D eigenvalue weighted by atomic mass is 19.1. The fraction of sp³-hybridized carbons (Fsp3) is 0.143. The number of rotatable bonds is 4. The Balaban J connectivity index is 2.24. The topological polar surface area (TPSA) is 37.3 Å². The molecule has 0 spiro atoms. The first-order valence-electron chi connectivity index (χ1n) is 5.68. The van der Waals surface area contributed by atoms with E-state index < -0.39 is 0 Å². The molecule has 0 saturated carbocycles. The third kappa shape index (κ3) is 3.13. The maximum Gasteiger partial charge on any atom is 0.123 e. The quantitative estimate of drug-likeness (QED) is 0.661. The zero-order valence-corrected chi connectivity index (χ0v) is 10.1. The minimum absolute atomic E-state index is 0.244. The van der Waals surface area contributed by atoms with Gasteiger partial charge in [0, 0.05) is 25.9 Å². The highest BCUT2D eigenvalue weighted by Crippen LogP contribution is 2.09. The van der Waals surface area contributed by atoms with Crippen LogP contribution >= 0.6 is 0 Å². The molecule has 2 rings (SSSR count). The number of benzene rings is 1. The van der Waals surface area contributed by atoms with Gasteiger partial charge in [0.05, 0.1) is 5.71 Å². The largest absolute Gasteiger partial charge is 0.313 e. The lowest BCUT2D eigenvalue weighted by atomic mass is 10.0. The number of pyridine rings is 1. The standard InChI is InChI=1S/C14H14FN3/c1-16-18-14(10-11-6-8-17-9-7-11)12-2-4-13(15)5-3-12/h2-9,16H,10H2,1H3. The summed E-state index contributed by atoms with van der Waals surface area (Å²) in [6.07, 6.45) is 4.17. The van der Waals surface area contributed by atoms with Crippen LogP contribution in [-0.4, -0.2) is 17.7 Å². The van der Waals surface area contributed by atoms with Crippen molar-refractivity contribution in [3.05, 3.63) is 65.7 Å². The van der Waals surface area contributed by atoms with Crippen molar-refractivity contribution in [1.29, 1.82) is 0 Å². The van der Waals surface area contributed by atoms with Gasteiger partial charge in [-0.25, -0.2) is 4.39 Å². The van der Waals surface area contributed by atoms with Gasteiger partial charge in [-0.1, -0.05) is 12.1 Å². The predicted octanol–water partition coefficient (Wildman–Crippen LogP) is 2.39. The van der Waals surface area contributed by atoms with Crippen molar-refractivity contribution in [2.24, 2.45) is 5.10 Å². The van der Waals surface area contributed by atoms with E-state index >= 15 is 0 Å².